The highest BCUT2D eigenvalue weighted by Crippen LogP contribution is 2.38. The molecule has 1 atom stereocenters. The highest BCUT2D eigenvalue weighted by molar-refractivity contribution is 7.07. The second kappa shape index (κ2) is 10.9. The third-order valence-electron chi connectivity index (χ3n) is 6.84. The maximum atomic E-state index is 14.1. The van der Waals surface area contributed by atoms with Crippen LogP contribution < -0.4 is 24.4 Å². The zero-order chi connectivity index (χ0) is 27.7. The van der Waals surface area contributed by atoms with Gasteiger partial charge in [0.1, 0.15) is 17.5 Å². The summed E-state index contributed by atoms with van der Waals surface area (Å²) in [5.74, 6) is 0.614. The van der Waals surface area contributed by atoms with Crippen molar-refractivity contribution in [1.82, 2.24) is 9.55 Å². The Kier molecular flexibility index (Phi) is 7.43. The summed E-state index contributed by atoms with van der Waals surface area (Å²) in [4.78, 5) is 36.4. The van der Waals surface area contributed by atoms with Gasteiger partial charge in [-0.1, -0.05) is 42.9 Å². The number of thiazole rings is 1. The molecular formula is C30H31N3O5S. The lowest BCUT2D eigenvalue weighted by Gasteiger charge is -2.27. The van der Waals surface area contributed by atoms with E-state index in [1.165, 1.54) is 11.3 Å². The topological polar surface area (TPSA) is 94.9 Å². The molecule has 39 heavy (non-hydrogen) atoms. The number of nitrogens with zero attached hydrogens (tertiary/aromatic N) is 2. The van der Waals surface area contributed by atoms with Crippen LogP contribution in [0.4, 0.5) is 0 Å². The molecule has 8 nitrogen and oxygen atoms in total. The van der Waals surface area contributed by atoms with Gasteiger partial charge in [-0.05, 0) is 50.6 Å². The van der Waals surface area contributed by atoms with Crippen LogP contribution in [-0.4, -0.2) is 36.3 Å². The first-order chi connectivity index (χ1) is 18.9. The molecule has 0 spiro atoms. The number of H-pyrrole nitrogens is 1. The number of methoxy groups -OCH3 is 2. The summed E-state index contributed by atoms with van der Waals surface area (Å²) >= 11 is 1.31. The van der Waals surface area contributed by atoms with Crippen LogP contribution in [0.5, 0.6) is 11.5 Å². The molecule has 1 N–H and O–H groups in total. The van der Waals surface area contributed by atoms with Crippen molar-refractivity contribution >= 4 is 34.3 Å². The van der Waals surface area contributed by atoms with E-state index in [1.807, 2.05) is 44.2 Å². The Hall–Kier alpha value is -4.11. The lowest BCUT2D eigenvalue weighted by atomic mass is 9.93. The number of aromatic nitrogens is 2. The van der Waals surface area contributed by atoms with E-state index < -0.39 is 12.0 Å². The number of rotatable bonds is 8. The summed E-state index contributed by atoms with van der Waals surface area (Å²) in [6, 6.07) is 12.6. The van der Waals surface area contributed by atoms with Crippen molar-refractivity contribution in [3.05, 3.63) is 90.2 Å². The average molecular weight is 546 g/mol. The van der Waals surface area contributed by atoms with E-state index in [4.69, 9.17) is 19.2 Å². The van der Waals surface area contributed by atoms with Gasteiger partial charge in [-0.25, -0.2) is 9.79 Å². The monoisotopic (exact) mass is 545 g/mol. The first-order valence-corrected chi connectivity index (χ1v) is 13.7. The van der Waals surface area contributed by atoms with E-state index in [-0.39, 0.29) is 12.2 Å². The highest BCUT2D eigenvalue weighted by Gasteiger charge is 2.36. The van der Waals surface area contributed by atoms with Gasteiger partial charge in [-0.2, -0.15) is 0 Å². The van der Waals surface area contributed by atoms with E-state index >= 15 is 0 Å². The van der Waals surface area contributed by atoms with Crippen molar-refractivity contribution in [1.29, 1.82) is 0 Å². The van der Waals surface area contributed by atoms with E-state index in [0.29, 0.717) is 44.1 Å². The fraction of sp³-hybridized carbons (Fsp3) is 0.300. The van der Waals surface area contributed by atoms with Gasteiger partial charge in [0.15, 0.2) is 4.80 Å². The van der Waals surface area contributed by atoms with E-state index in [9.17, 15) is 9.59 Å². The Morgan fingerprint density at radius 1 is 1.15 bits per heavy atom. The summed E-state index contributed by atoms with van der Waals surface area (Å²) in [5, 5.41) is 1.03. The largest absolute Gasteiger partial charge is 0.497 e. The standard InChI is InChI=1S/C30H31N3O5S/c1-6-10-23-26(29(35)38-7-2)27(21-15-18(36-4)13-14-24(21)37-5)33-28(34)25(39-30(33)32-23)16-20-17(3)31-22-12-9-8-11-19(20)22/h8-9,11-16,27,31H,6-7,10H2,1-5H3/b25-16-/t27-/m0/s1. The van der Waals surface area contributed by atoms with Gasteiger partial charge in [0.05, 0.1) is 36.6 Å². The van der Waals surface area contributed by atoms with Gasteiger partial charge < -0.3 is 19.2 Å². The number of allylic oxidation sites excluding steroid dienone is 1. The second-order valence-corrected chi connectivity index (χ2v) is 10.2. The molecule has 0 bridgehead atoms. The number of para-hydroxylation sites is 1. The fourth-order valence-corrected chi connectivity index (χ4v) is 6.09. The van der Waals surface area contributed by atoms with Crippen molar-refractivity contribution in [2.75, 3.05) is 20.8 Å². The number of nitrogens with one attached hydrogen (secondary N) is 1. The Balaban J connectivity index is 1.83. The maximum absolute atomic E-state index is 14.1. The minimum Gasteiger partial charge on any atom is -0.497 e. The van der Waals surface area contributed by atoms with Crippen molar-refractivity contribution in [3.63, 3.8) is 0 Å². The lowest BCUT2D eigenvalue weighted by molar-refractivity contribution is -0.139. The second-order valence-electron chi connectivity index (χ2n) is 9.23. The number of benzene rings is 2. The summed E-state index contributed by atoms with van der Waals surface area (Å²) in [6.07, 6.45) is 3.24. The summed E-state index contributed by atoms with van der Waals surface area (Å²) < 4.78 is 18.8. The predicted octanol–water partition coefficient (Wildman–Crippen LogP) is 4.39. The molecule has 1 aliphatic rings. The van der Waals surface area contributed by atoms with Crippen LogP contribution in [0, 0.1) is 6.92 Å². The number of aryl methyl sites for hydroxylation is 1. The van der Waals surface area contributed by atoms with Crippen molar-refractivity contribution in [2.45, 2.75) is 39.7 Å². The molecule has 0 amide bonds. The minimum atomic E-state index is -0.793. The van der Waals surface area contributed by atoms with Gasteiger partial charge in [0.25, 0.3) is 5.56 Å². The van der Waals surface area contributed by atoms with Crippen molar-refractivity contribution < 1.29 is 19.0 Å². The van der Waals surface area contributed by atoms with Crippen LogP contribution in [-0.2, 0) is 9.53 Å². The van der Waals surface area contributed by atoms with Crippen LogP contribution in [0.15, 0.2) is 63.5 Å². The van der Waals surface area contributed by atoms with Gasteiger partial charge in [0.2, 0.25) is 0 Å². The molecule has 0 aliphatic carbocycles. The van der Waals surface area contributed by atoms with Gasteiger partial charge in [-0.15, -0.1) is 0 Å². The molecule has 3 heterocycles. The first kappa shape index (κ1) is 26.5. The van der Waals surface area contributed by atoms with Crippen LogP contribution in [0.3, 0.4) is 0 Å². The third kappa shape index (κ3) is 4.67. The normalized spacial score (nSPS) is 15.3. The number of hydrogen-bond acceptors (Lipinski definition) is 7. The third-order valence-corrected chi connectivity index (χ3v) is 7.83. The molecule has 1 aliphatic heterocycles. The zero-order valence-corrected chi connectivity index (χ0v) is 23.5. The number of carbonyl (C=O) groups is 1. The fourth-order valence-electron chi connectivity index (χ4n) is 5.08. The van der Waals surface area contributed by atoms with Crippen molar-refractivity contribution in [3.8, 4) is 11.5 Å². The number of carbonyl (C=O) groups excluding carboxylic acids is 1. The molecule has 0 radical (unpaired) electrons. The lowest BCUT2D eigenvalue weighted by Crippen LogP contribution is -2.40. The molecular weight excluding hydrogens is 514 g/mol. The summed E-state index contributed by atoms with van der Waals surface area (Å²) in [7, 11) is 3.14. The summed E-state index contributed by atoms with van der Waals surface area (Å²) in [6.45, 7) is 5.98. The molecule has 5 rings (SSSR count). The summed E-state index contributed by atoms with van der Waals surface area (Å²) in [5.41, 5.74) is 4.25. The predicted molar refractivity (Wildman–Crippen MR) is 152 cm³/mol. The number of ether oxygens (including phenoxy) is 3. The molecule has 9 heteroatoms. The molecule has 202 valence electrons. The number of hydrogen-bond donors (Lipinski definition) is 1. The van der Waals surface area contributed by atoms with Crippen molar-refractivity contribution in [2.24, 2.45) is 4.99 Å². The Morgan fingerprint density at radius 2 is 1.95 bits per heavy atom. The zero-order valence-electron chi connectivity index (χ0n) is 22.7. The molecule has 0 unspecified atom stereocenters. The van der Waals surface area contributed by atoms with Gasteiger partial charge in [-0.3, -0.25) is 9.36 Å². The molecule has 0 saturated heterocycles. The van der Waals surface area contributed by atoms with E-state index in [0.717, 1.165) is 28.6 Å². The first-order valence-electron chi connectivity index (χ1n) is 12.9. The maximum Gasteiger partial charge on any atom is 0.338 e. The van der Waals surface area contributed by atoms with E-state index in [2.05, 4.69) is 4.98 Å². The number of aromatic amines is 1. The molecule has 0 fully saturated rings. The molecule has 2 aromatic heterocycles. The van der Waals surface area contributed by atoms with Gasteiger partial charge in [0, 0.05) is 27.7 Å². The number of esters is 1. The smallest absolute Gasteiger partial charge is 0.338 e. The Labute approximate surface area is 229 Å². The molecule has 0 saturated carbocycles. The highest BCUT2D eigenvalue weighted by atomic mass is 32.1. The average Bonchev–Trinajstić information content (AvgIpc) is 3.43. The number of fused-ring (bicyclic) bond motifs is 2. The quantitative estimate of drug-likeness (QED) is 0.332. The van der Waals surface area contributed by atoms with Crippen LogP contribution >= 0.6 is 11.3 Å². The van der Waals surface area contributed by atoms with Crippen LogP contribution in [0.2, 0.25) is 0 Å². The Morgan fingerprint density at radius 3 is 2.67 bits per heavy atom. The molecule has 2 aromatic carbocycles. The van der Waals surface area contributed by atoms with Crippen LogP contribution in [0.1, 0.15) is 49.6 Å². The Bertz CT molecular complexity index is 1780. The molecule has 4 aromatic rings. The van der Waals surface area contributed by atoms with E-state index in [1.54, 1.807) is 43.9 Å². The van der Waals surface area contributed by atoms with Gasteiger partial charge >= 0.3 is 5.97 Å². The van der Waals surface area contributed by atoms with Crippen LogP contribution in [0.25, 0.3) is 17.0 Å². The minimum absolute atomic E-state index is 0.202. The SMILES string of the molecule is CCCC1=C(C(=O)OCC)[C@H](c2cc(OC)ccc2OC)n2c(s/c(=C\c3c(C)[nH]c4ccccc34)c2=O)=N1.